The fourth-order valence-electron chi connectivity index (χ4n) is 2.00. The summed E-state index contributed by atoms with van der Waals surface area (Å²) in [6.07, 6.45) is 9.37. The van der Waals surface area contributed by atoms with Gasteiger partial charge in [0.2, 0.25) is 11.8 Å². The number of methoxy groups -OCH3 is 1. The van der Waals surface area contributed by atoms with Crippen molar-refractivity contribution in [1.29, 1.82) is 0 Å². The average molecular weight is 298 g/mol. The zero-order valence-electron chi connectivity index (χ0n) is 12.6. The fraction of sp³-hybridized carbons (Fsp3) is 0.533. The Morgan fingerprint density at radius 3 is 2.80 bits per heavy atom. The van der Waals surface area contributed by atoms with E-state index in [1.807, 2.05) is 12.3 Å². The quantitative estimate of drug-likeness (QED) is 0.554. The summed E-state index contributed by atoms with van der Waals surface area (Å²) < 4.78 is 21.7. The zero-order chi connectivity index (χ0) is 15.0. The van der Waals surface area contributed by atoms with Crippen molar-refractivity contribution in [2.45, 2.75) is 33.1 Å². The van der Waals surface area contributed by atoms with Crippen molar-refractivity contribution in [3.63, 3.8) is 0 Å². The van der Waals surface area contributed by atoms with Crippen LogP contribution in [0.5, 0.6) is 5.88 Å². The molecule has 1 rings (SSSR count). The fourth-order valence-corrected chi connectivity index (χ4v) is 2.37. The second-order valence-electron chi connectivity index (χ2n) is 4.55. The van der Waals surface area contributed by atoms with Gasteiger partial charge in [-0.1, -0.05) is 44.4 Å². The van der Waals surface area contributed by atoms with Gasteiger partial charge in [-0.25, -0.2) is 0 Å². The van der Waals surface area contributed by atoms with Crippen LogP contribution in [0.4, 0.5) is 10.1 Å². The molecule has 0 radical (unpaired) electrons. The third-order valence-electron chi connectivity index (χ3n) is 3.11. The predicted octanol–water partition coefficient (Wildman–Crippen LogP) is 4.76. The summed E-state index contributed by atoms with van der Waals surface area (Å²) >= 11 is 1.33. The van der Waals surface area contributed by atoms with Crippen molar-refractivity contribution in [1.82, 2.24) is 4.98 Å². The van der Waals surface area contributed by atoms with E-state index in [1.54, 1.807) is 6.07 Å². The Kier molecular flexibility index (Phi) is 7.44. The molecule has 0 bridgehead atoms. The number of anilines is 1. The van der Waals surface area contributed by atoms with Crippen LogP contribution < -0.4 is 9.46 Å². The maximum Gasteiger partial charge on any atom is 0.240 e. The highest BCUT2D eigenvalue weighted by molar-refractivity contribution is 7.99. The van der Waals surface area contributed by atoms with Crippen molar-refractivity contribution in [3.05, 3.63) is 23.7 Å². The zero-order valence-corrected chi connectivity index (χ0v) is 13.4. The molecular weight excluding hydrogens is 275 g/mol. The van der Waals surface area contributed by atoms with Crippen LogP contribution in [0, 0.1) is 11.9 Å². The minimum Gasteiger partial charge on any atom is -0.480 e. The van der Waals surface area contributed by atoms with E-state index in [1.165, 1.54) is 19.1 Å². The highest BCUT2D eigenvalue weighted by Crippen LogP contribution is 2.26. The van der Waals surface area contributed by atoms with Crippen LogP contribution >= 0.6 is 11.9 Å². The van der Waals surface area contributed by atoms with E-state index in [0.717, 1.165) is 24.8 Å². The number of rotatable bonds is 8. The summed E-state index contributed by atoms with van der Waals surface area (Å²) in [5.41, 5.74) is 1.17. The van der Waals surface area contributed by atoms with Gasteiger partial charge in [-0.2, -0.15) is 9.37 Å². The maximum absolute atomic E-state index is 13.7. The molecule has 1 atom stereocenters. The van der Waals surface area contributed by atoms with Crippen molar-refractivity contribution < 1.29 is 9.13 Å². The van der Waals surface area contributed by atoms with Gasteiger partial charge >= 0.3 is 0 Å². The second-order valence-corrected chi connectivity index (χ2v) is 5.16. The van der Waals surface area contributed by atoms with Crippen LogP contribution in [-0.4, -0.2) is 18.3 Å². The minimum atomic E-state index is -0.547. The molecule has 0 aliphatic carbocycles. The van der Waals surface area contributed by atoms with Gasteiger partial charge in [0.15, 0.2) is 0 Å². The van der Waals surface area contributed by atoms with E-state index >= 15 is 0 Å². The number of hydrogen-bond donors (Lipinski definition) is 1. The smallest absolute Gasteiger partial charge is 0.240 e. The molecule has 0 saturated heterocycles. The van der Waals surface area contributed by atoms with E-state index < -0.39 is 5.95 Å². The van der Waals surface area contributed by atoms with E-state index in [0.29, 0.717) is 17.5 Å². The SMILES string of the molecule is CCCC(/C=C/c1cc(NSC)c(F)nc1OC)CC. The Hall–Kier alpha value is -1.23. The van der Waals surface area contributed by atoms with Crippen LogP contribution in [0.2, 0.25) is 0 Å². The van der Waals surface area contributed by atoms with Crippen molar-refractivity contribution in [2.24, 2.45) is 5.92 Å². The number of ether oxygens (including phenoxy) is 1. The van der Waals surface area contributed by atoms with Crippen molar-refractivity contribution in [3.8, 4) is 5.88 Å². The first-order valence-corrected chi connectivity index (χ1v) is 8.10. The van der Waals surface area contributed by atoms with Gasteiger partial charge in [0.1, 0.15) is 5.69 Å². The molecule has 0 amide bonds. The Morgan fingerprint density at radius 1 is 1.50 bits per heavy atom. The minimum absolute atomic E-state index is 0.316. The number of allylic oxidation sites excluding steroid dienone is 1. The Labute approximate surface area is 125 Å². The van der Waals surface area contributed by atoms with Crippen molar-refractivity contribution >= 4 is 23.7 Å². The second kappa shape index (κ2) is 8.84. The molecule has 1 unspecified atom stereocenters. The lowest BCUT2D eigenvalue weighted by Crippen LogP contribution is -1.99. The standard InChI is InChI=1S/C15H23FN2OS/c1-5-7-11(6-2)8-9-12-10-13(18-20-4)14(16)17-15(12)19-3/h8-11,18H,5-7H2,1-4H3/b9-8+. The molecule has 0 spiro atoms. The molecule has 1 aromatic rings. The number of aromatic nitrogens is 1. The molecule has 0 aromatic carbocycles. The number of hydrogen-bond acceptors (Lipinski definition) is 4. The molecule has 1 N–H and O–H groups in total. The number of nitrogens with one attached hydrogen (secondary N) is 1. The van der Waals surface area contributed by atoms with Gasteiger partial charge in [-0.3, -0.25) is 0 Å². The number of nitrogens with zero attached hydrogens (tertiary/aromatic N) is 1. The van der Waals surface area contributed by atoms with E-state index in [9.17, 15) is 4.39 Å². The first kappa shape index (κ1) is 16.8. The van der Waals surface area contributed by atoms with E-state index in [4.69, 9.17) is 4.74 Å². The lowest BCUT2D eigenvalue weighted by atomic mass is 9.99. The highest BCUT2D eigenvalue weighted by atomic mass is 32.2. The normalized spacial score (nSPS) is 12.7. The average Bonchev–Trinajstić information content (AvgIpc) is 2.46. The predicted molar refractivity (Wildman–Crippen MR) is 85.6 cm³/mol. The van der Waals surface area contributed by atoms with Crippen LogP contribution in [0.3, 0.4) is 0 Å². The third kappa shape index (κ3) is 4.71. The summed E-state index contributed by atoms with van der Waals surface area (Å²) in [5.74, 6) is 0.303. The van der Waals surface area contributed by atoms with Gasteiger partial charge < -0.3 is 9.46 Å². The first-order valence-electron chi connectivity index (χ1n) is 6.87. The van der Waals surface area contributed by atoms with E-state index in [-0.39, 0.29) is 0 Å². The van der Waals surface area contributed by atoms with Gasteiger partial charge in [-0.15, -0.1) is 0 Å². The van der Waals surface area contributed by atoms with Crippen LogP contribution in [0.1, 0.15) is 38.7 Å². The molecular formula is C15H23FN2OS. The lowest BCUT2D eigenvalue weighted by Gasteiger charge is -2.10. The lowest BCUT2D eigenvalue weighted by molar-refractivity contribution is 0.387. The Bertz CT molecular complexity index is 452. The molecule has 3 nitrogen and oxygen atoms in total. The summed E-state index contributed by atoms with van der Waals surface area (Å²) in [6.45, 7) is 4.35. The topological polar surface area (TPSA) is 34.2 Å². The molecule has 0 fully saturated rings. The number of halogens is 1. The molecule has 0 aliphatic heterocycles. The molecule has 112 valence electrons. The van der Waals surface area contributed by atoms with Gasteiger partial charge in [0.05, 0.1) is 7.11 Å². The number of pyridine rings is 1. The highest BCUT2D eigenvalue weighted by Gasteiger charge is 2.10. The summed E-state index contributed by atoms with van der Waals surface area (Å²) in [5, 5.41) is 0. The van der Waals surface area contributed by atoms with Crippen LogP contribution in [0.15, 0.2) is 12.1 Å². The summed E-state index contributed by atoms with van der Waals surface area (Å²) in [6, 6.07) is 1.73. The van der Waals surface area contributed by atoms with Crippen LogP contribution in [-0.2, 0) is 0 Å². The van der Waals surface area contributed by atoms with Gasteiger partial charge in [-0.05, 0) is 24.8 Å². The third-order valence-corrected chi connectivity index (χ3v) is 3.53. The van der Waals surface area contributed by atoms with Crippen molar-refractivity contribution in [2.75, 3.05) is 18.1 Å². The Morgan fingerprint density at radius 2 is 2.25 bits per heavy atom. The first-order chi connectivity index (χ1) is 9.65. The molecule has 5 heteroatoms. The Balaban J connectivity index is 3.02. The molecule has 20 heavy (non-hydrogen) atoms. The van der Waals surface area contributed by atoms with E-state index in [2.05, 4.69) is 29.6 Å². The monoisotopic (exact) mass is 298 g/mol. The summed E-state index contributed by atoms with van der Waals surface area (Å²) in [4.78, 5) is 3.84. The largest absolute Gasteiger partial charge is 0.480 e. The van der Waals surface area contributed by atoms with Gasteiger partial charge in [0.25, 0.3) is 0 Å². The molecule has 1 heterocycles. The summed E-state index contributed by atoms with van der Waals surface area (Å²) in [7, 11) is 1.50. The molecule has 0 saturated carbocycles. The van der Waals surface area contributed by atoms with Crippen LogP contribution in [0.25, 0.3) is 6.08 Å². The van der Waals surface area contributed by atoms with Gasteiger partial charge in [0, 0.05) is 11.8 Å². The molecule has 1 aromatic heterocycles. The molecule has 0 aliphatic rings. The maximum atomic E-state index is 13.7.